The van der Waals surface area contributed by atoms with Gasteiger partial charge in [0, 0.05) is 15.3 Å². The molecule has 0 spiro atoms. The van der Waals surface area contributed by atoms with Crippen molar-refractivity contribution in [1.29, 1.82) is 0 Å². The predicted molar refractivity (Wildman–Crippen MR) is 105 cm³/mol. The maximum atomic E-state index is 13.2. The summed E-state index contributed by atoms with van der Waals surface area (Å²) in [5.74, 6) is -0.198. The van der Waals surface area contributed by atoms with Gasteiger partial charge in [-0.25, -0.2) is 0 Å². The SMILES string of the molecule is O=C(Cc1ccn(Cc2ccc(I)cc2C(F)(F)F)n1)c1ccccc1Cl. The van der Waals surface area contributed by atoms with E-state index in [0.29, 0.717) is 19.9 Å². The Morgan fingerprint density at radius 3 is 2.59 bits per heavy atom. The van der Waals surface area contributed by atoms with E-state index in [0.717, 1.165) is 6.07 Å². The van der Waals surface area contributed by atoms with E-state index in [1.807, 2.05) is 22.6 Å². The van der Waals surface area contributed by atoms with Crippen LogP contribution in [-0.4, -0.2) is 15.6 Å². The molecule has 0 aliphatic heterocycles. The van der Waals surface area contributed by atoms with Crippen LogP contribution in [-0.2, 0) is 19.1 Å². The smallest absolute Gasteiger partial charge is 0.294 e. The van der Waals surface area contributed by atoms with Crippen molar-refractivity contribution in [1.82, 2.24) is 9.78 Å². The van der Waals surface area contributed by atoms with Gasteiger partial charge in [0.25, 0.3) is 0 Å². The topological polar surface area (TPSA) is 34.9 Å². The second-order valence-electron chi connectivity index (χ2n) is 5.88. The second-order valence-corrected chi connectivity index (χ2v) is 7.54. The number of carbonyl (C=O) groups is 1. The van der Waals surface area contributed by atoms with E-state index >= 15 is 0 Å². The molecule has 0 unspecified atom stereocenters. The van der Waals surface area contributed by atoms with Crippen molar-refractivity contribution >= 4 is 40.0 Å². The van der Waals surface area contributed by atoms with Crippen molar-refractivity contribution in [3.63, 3.8) is 0 Å². The van der Waals surface area contributed by atoms with Gasteiger partial charge in [-0.15, -0.1) is 0 Å². The van der Waals surface area contributed by atoms with Crippen LogP contribution >= 0.6 is 34.2 Å². The summed E-state index contributed by atoms with van der Waals surface area (Å²) in [5, 5.41) is 4.59. The fourth-order valence-electron chi connectivity index (χ4n) is 2.66. The van der Waals surface area contributed by atoms with Crippen LogP contribution in [0.15, 0.2) is 54.7 Å². The molecule has 3 aromatic rings. The third kappa shape index (κ3) is 4.90. The molecule has 3 nitrogen and oxygen atoms in total. The first-order chi connectivity index (χ1) is 12.7. The number of aromatic nitrogens is 2. The molecule has 0 bridgehead atoms. The minimum absolute atomic E-state index is 0.0234. The summed E-state index contributed by atoms with van der Waals surface area (Å²) in [6, 6.07) is 12.5. The largest absolute Gasteiger partial charge is 0.416 e. The molecule has 27 heavy (non-hydrogen) atoms. The highest BCUT2D eigenvalue weighted by molar-refractivity contribution is 14.1. The number of nitrogens with zero attached hydrogens (tertiary/aromatic N) is 2. The Balaban J connectivity index is 1.78. The zero-order valence-electron chi connectivity index (χ0n) is 13.8. The fraction of sp³-hybridized carbons (Fsp3) is 0.158. The monoisotopic (exact) mass is 504 g/mol. The molecular weight excluding hydrogens is 492 g/mol. The molecule has 0 saturated carbocycles. The summed E-state index contributed by atoms with van der Waals surface area (Å²) in [6.45, 7) is -0.0357. The Hall–Kier alpha value is -1.87. The highest BCUT2D eigenvalue weighted by atomic mass is 127. The van der Waals surface area contributed by atoms with Crippen LogP contribution in [0.1, 0.15) is 27.2 Å². The Morgan fingerprint density at radius 1 is 1.15 bits per heavy atom. The average Bonchev–Trinajstić information content (AvgIpc) is 3.03. The van der Waals surface area contributed by atoms with Crippen LogP contribution in [0.3, 0.4) is 0 Å². The molecule has 1 aromatic heterocycles. The average molecular weight is 505 g/mol. The minimum Gasteiger partial charge on any atom is -0.294 e. The molecule has 0 amide bonds. The molecule has 0 fully saturated rings. The summed E-state index contributed by atoms with van der Waals surface area (Å²) in [7, 11) is 0. The number of carbonyl (C=O) groups excluding carboxylic acids is 1. The maximum Gasteiger partial charge on any atom is 0.416 e. The summed E-state index contributed by atoms with van der Waals surface area (Å²) in [5.41, 5.74) is 0.304. The molecule has 0 N–H and O–H groups in total. The van der Waals surface area contributed by atoms with Crippen LogP contribution in [0.2, 0.25) is 5.02 Å². The number of rotatable bonds is 5. The maximum absolute atomic E-state index is 13.2. The van der Waals surface area contributed by atoms with Gasteiger partial charge < -0.3 is 0 Å². The highest BCUT2D eigenvalue weighted by Gasteiger charge is 2.33. The van der Waals surface area contributed by atoms with E-state index < -0.39 is 11.7 Å². The van der Waals surface area contributed by atoms with Crippen molar-refractivity contribution in [2.45, 2.75) is 19.1 Å². The van der Waals surface area contributed by atoms with Crippen molar-refractivity contribution in [2.24, 2.45) is 0 Å². The Kier molecular flexibility index (Phi) is 5.90. The number of benzene rings is 2. The second kappa shape index (κ2) is 8.02. The van der Waals surface area contributed by atoms with Crippen molar-refractivity contribution in [3.8, 4) is 0 Å². The molecule has 140 valence electrons. The van der Waals surface area contributed by atoms with E-state index in [-0.39, 0.29) is 24.3 Å². The first kappa shape index (κ1) is 19.9. The fourth-order valence-corrected chi connectivity index (χ4v) is 3.39. The van der Waals surface area contributed by atoms with Gasteiger partial charge in [0.1, 0.15) is 0 Å². The van der Waals surface area contributed by atoms with Gasteiger partial charge in [0.05, 0.1) is 29.2 Å². The van der Waals surface area contributed by atoms with Crippen LogP contribution in [0.4, 0.5) is 13.2 Å². The number of Topliss-reactive ketones (excluding diaryl/α,β-unsaturated/α-hetero) is 1. The van der Waals surface area contributed by atoms with Crippen LogP contribution in [0.5, 0.6) is 0 Å². The van der Waals surface area contributed by atoms with Gasteiger partial charge in [-0.3, -0.25) is 9.48 Å². The normalized spacial score (nSPS) is 11.6. The lowest BCUT2D eigenvalue weighted by atomic mass is 10.1. The molecule has 0 aliphatic carbocycles. The van der Waals surface area contributed by atoms with Gasteiger partial charge in [0.15, 0.2) is 5.78 Å². The first-order valence-corrected chi connectivity index (χ1v) is 9.35. The van der Waals surface area contributed by atoms with E-state index in [1.54, 1.807) is 42.6 Å². The van der Waals surface area contributed by atoms with E-state index in [2.05, 4.69) is 5.10 Å². The van der Waals surface area contributed by atoms with Crippen molar-refractivity contribution in [3.05, 3.63) is 85.7 Å². The quantitative estimate of drug-likeness (QED) is 0.333. The van der Waals surface area contributed by atoms with Gasteiger partial charge in [-0.2, -0.15) is 18.3 Å². The minimum atomic E-state index is -4.44. The first-order valence-electron chi connectivity index (χ1n) is 7.90. The van der Waals surface area contributed by atoms with E-state index in [9.17, 15) is 18.0 Å². The summed E-state index contributed by atoms with van der Waals surface area (Å²) < 4.78 is 41.6. The molecule has 0 aliphatic rings. The molecule has 0 atom stereocenters. The van der Waals surface area contributed by atoms with Crippen molar-refractivity contribution in [2.75, 3.05) is 0 Å². The summed E-state index contributed by atoms with van der Waals surface area (Å²) in [4.78, 5) is 12.3. The lowest BCUT2D eigenvalue weighted by molar-refractivity contribution is -0.138. The number of halogens is 5. The van der Waals surface area contributed by atoms with E-state index in [1.165, 1.54) is 10.7 Å². The molecule has 2 aromatic carbocycles. The zero-order chi connectivity index (χ0) is 19.6. The molecule has 3 rings (SSSR count). The molecular formula is C19H13ClF3IN2O. The lowest BCUT2D eigenvalue weighted by Gasteiger charge is -2.13. The highest BCUT2D eigenvalue weighted by Crippen LogP contribution is 2.33. The summed E-state index contributed by atoms with van der Waals surface area (Å²) >= 11 is 7.86. The number of hydrogen-bond donors (Lipinski definition) is 0. The van der Waals surface area contributed by atoms with Crippen LogP contribution in [0.25, 0.3) is 0 Å². The van der Waals surface area contributed by atoms with Crippen molar-refractivity contribution < 1.29 is 18.0 Å². The van der Waals surface area contributed by atoms with Gasteiger partial charge in [0.2, 0.25) is 0 Å². The summed E-state index contributed by atoms with van der Waals surface area (Å²) in [6.07, 6.45) is -2.85. The van der Waals surface area contributed by atoms with E-state index in [4.69, 9.17) is 11.6 Å². The standard InChI is InChI=1S/C19H13ClF3IN2O/c20-17-4-2-1-3-15(17)18(27)10-14-7-8-26(25-14)11-12-5-6-13(24)9-16(12)19(21,22)23/h1-9H,10-11H2. The molecule has 8 heteroatoms. The number of alkyl halides is 3. The predicted octanol–water partition coefficient (Wildman–Crippen LogP) is 5.63. The zero-order valence-corrected chi connectivity index (χ0v) is 16.7. The van der Waals surface area contributed by atoms with Crippen LogP contribution in [0, 0.1) is 3.57 Å². The molecule has 0 radical (unpaired) electrons. The number of ketones is 1. The van der Waals surface area contributed by atoms with Gasteiger partial charge >= 0.3 is 6.18 Å². The van der Waals surface area contributed by atoms with Crippen LogP contribution < -0.4 is 0 Å². The Labute approximate surface area is 172 Å². The Morgan fingerprint density at radius 2 is 1.89 bits per heavy atom. The molecule has 0 saturated heterocycles. The number of hydrogen-bond acceptors (Lipinski definition) is 2. The Bertz CT molecular complexity index is 985. The van der Waals surface area contributed by atoms with Gasteiger partial charge in [-0.1, -0.05) is 29.8 Å². The third-order valence-corrected chi connectivity index (χ3v) is 4.92. The van der Waals surface area contributed by atoms with Gasteiger partial charge in [-0.05, 0) is 58.5 Å². The lowest BCUT2D eigenvalue weighted by Crippen LogP contribution is -2.13. The third-order valence-electron chi connectivity index (χ3n) is 3.92. The molecule has 1 heterocycles.